The van der Waals surface area contributed by atoms with Gasteiger partial charge in [0.15, 0.2) is 0 Å². The smallest absolute Gasteiger partial charge is 0.132 e. The van der Waals surface area contributed by atoms with Gasteiger partial charge in [-0.25, -0.2) is 4.98 Å². The van der Waals surface area contributed by atoms with E-state index in [-0.39, 0.29) is 0 Å². The van der Waals surface area contributed by atoms with E-state index >= 15 is 0 Å². The molecule has 0 bridgehead atoms. The van der Waals surface area contributed by atoms with Crippen LogP contribution in [0.25, 0.3) is 11.3 Å². The van der Waals surface area contributed by atoms with Gasteiger partial charge >= 0.3 is 0 Å². The third-order valence-corrected chi connectivity index (χ3v) is 3.39. The molecule has 5 heteroatoms. The van der Waals surface area contributed by atoms with Gasteiger partial charge in [-0.1, -0.05) is 6.92 Å². The molecule has 0 amide bonds. The lowest BCUT2D eigenvalue weighted by molar-refractivity contribution is 0.676. The summed E-state index contributed by atoms with van der Waals surface area (Å²) >= 11 is 0. The summed E-state index contributed by atoms with van der Waals surface area (Å²) in [5, 5.41) is 4.19. The first kappa shape index (κ1) is 11.3. The highest BCUT2D eigenvalue weighted by Crippen LogP contribution is 2.41. The summed E-state index contributed by atoms with van der Waals surface area (Å²) in [5.41, 5.74) is 8.17. The first-order chi connectivity index (χ1) is 8.70. The monoisotopic (exact) mass is 245 g/mol. The van der Waals surface area contributed by atoms with Crippen molar-refractivity contribution < 1.29 is 0 Å². The van der Waals surface area contributed by atoms with Crippen molar-refractivity contribution in [3.05, 3.63) is 18.2 Å². The first-order valence-electron chi connectivity index (χ1n) is 6.56. The highest BCUT2D eigenvalue weighted by atomic mass is 15.2. The summed E-state index contributed by atoms with van der Waals surface area (Å²) in [6.45, 7) is 2.17. The SMILES string of the molecule is CCCc1nc(-c2cnn(C)c2)c(N)n1C1CC1. The van der Waals surface area contributed by atoms with E-state index in [2.05, 4.69) is 16.6 Å². The predicted octanol–water partition coefficient (Wildman–Crippen LogP) is 2.15. The van der Waals surface area contributed by atoms with E-state index < -0.39 is 0 Å². The Balaban J connectivity index is 2.07. The number of nitrogens with two attached hydrogens (primary N) is 1. The van der Waals surface area contributed by atoms with E-state index in [0.717, 1.165) is 35.7 Å². The lowest BCUT2D eigenvalue weighted by Crippen LogP contribution is -2.05. The predicted molar refractivity (Wildman–Crippen MR) is 71.1 cm³/mol. The Kier molecular flexibility index (Phi) is 2.61. The molecule has 0 spiro atoms. The average molecular weight is 245 g/mol. The van der Waals surface area contributed by atoms with Gasteiger partial charge in [-0.15, -0.1) is 0 Å². The van der Waals surface area contributed by atoms with Gasteiger partial charge in [0.05, 0.1) is 6.20 Å². The summed E-state index contributed by atoms with van der Waals surface area (Å²) in [6, 6.07) is 0.574. The van der Waals surface area contributed by atoms with Gasteiger partial charge in [0.1, 0.15) is 17.3 Å². The Morgan fingerprint density at radius 1 is 1.44 bits per heavy atom. The second-order valence-corrected chi connectivity index (χ2v) is 5.02. The number of hydrogen-bond acceptors (Lipinski definition) is 3. The minimum Gasteiger partial charge on any atom is -0.383 e. The molecule has 3 rings (SSSR count). The summed E-state index contributed by atoms with van der Waals surface area (Å²) in [6.07, 6.45) is 8.32. The number of nitrogen functional groups attached to an aromatic ring is 1. The molecule has 18 heavy (non-hydrogen) atoms. The third-order valence-electron chi connectivity index (χ3n) is 3.39. The molecule has 0 unspecified atom stereocenters. The molecule has 2 heterocycles. The largest absolute Gasteiger partial charge is 0.383 e. The van der Waals surface area contributed by atoms with Crippen LogP contribution in [0.4, 0.5) is 5.82 Å². The summed E-state index contributed by atoms with van der Waals surface area (Å²) in [5.74, 6) is 1.92. The molecule has 0 aliphatic heterocycles. The maximum absolute atomic E-state index is 6.28. The molecule has 2 aromatic heterocycles. The normalized spacial score (nSPS) is 15.2. The van der Waals surface area contributed by atoms with Gasteiger partial charge in [-0.05, 0) is 19.3 Å². The van der Waals surface area contributed by atoms with E-state index in [0.29, 0.717) is 6.04 Å². The zero-order chi connectivity index (χ0) is 12.7. The van der Waals surface area contributed by atoms with Crippen molar-refractivity contribution in [2.24, 2.45) is 7.05 Å². The van der Waals surface area contributed by atoms with Crippen LogP contribution in [0.15, 0.2) is 12.4 Å². The minimum absolute atomic E-state index is 0.574. The van der Waals surface area contributed by atoms with Crippen molar-refractivity contribution >= 4 is 5.82 Å². The lowest BCUT2D eigenvalue weighted by atomic mass is 10.2. The number of hydrogen-bond donors (Lipinski definition) is 1. The molecule has 0 saturated heterocycles. The Morgan fingerprint density at radius 2 is 2.22 bits per heavy atom. The van der Waals surface area contributed by atoms with E-state index in [4.69, 9.17) is 10.7 Å². The van der Waals surface area contributed by atoms with Crippen molar-refractivity contribution in [2.45, 2.75) is 38.6 Å². The Labute approximate surface area is 107 Å². The maximum atomic E-state index is 6.28. The molecule has 0 aromatic carbocycles. The van der Waals surface area contributed by atoms with Crippen LogP contribution in [-0.4, -0.2) is 19.3 Å². The van der Waals surface area contributed by atoms with Crippen molar-refractivity contribution in [2.75, 3.05) is 5.73 Å². The number of aryl methyl sites for hydroxylation is 2. The van der Waals surface area contributed by atoms with Crippen molar-refractivity contribution in [1.82, 2.24) is 19.3 Å². The molecule has 2 aromatic rings. The highest BCUT2D eigenvalue weighted by Gasteiger charge is 2.29. The average Bonchev–Trinajstić information content (AvgIpc) is 3.00. The zero-order valence-corrected chi connectivity index (χ0v) is 10.9. The topological polar surface area (TPSA) is 61.7 Å². The molecule has 96 valence electrons. The van der Waals surface area contributed by atoms with Gasteiger partial charge in [-0.3, -0.25) is 4.68 Å². The standard InChI is InChI=1S/C13H19N5/c1-3-4-11-16-12(9-7-15-17(2)8-9)13(14)18(11)10-5-6-10/h7-8,10H,3-6,14H2,1-2H3. The number of rotatable bonds is 4. The molecule has 1 fully saturated rings. The van der Waals surface area contributed by atoms with Gasteiger partial charge < -0.3 is 10.3 Å². The molecule has 2 N–H and O–H groups in total. The highest BCUT2D eigenvalue weighted by molar-refractivity contribution is 5.70. The van der Waals surface area contributed by atoms with Crippen LogP contribution in [0.1, 0.15) is 38.1 Å². The summed E-state index contributed by atoms with van der Waals surface area (Å²) < 4.78 is 4.01. The van der Waals surface area contributed by atoms with Gasteiger partial charge in [0.25, 0.3) is 0 Å². The molecule has 1 saturated carbocycles. The fourth-order valence-corrected chi connectivity index (χ4v) is 2.39. The summed E-state index contributed by atoms with van der Waals surface area (Å²) in [4.78, 5) is 4.73. The molecular formula is C13H19N5. The Morgan fingerprint density at radius 3 is 2.78 bits per heavy atom. The van der Waals surface area contributed by atoms with E-state index in [1.807, 2.05) is 19.4 Å². The number of imidazole rings is 1. The Hall–Kier alpha value is -1.78. The molecule has 0 radical (unpaired) electrons. The third kappa shape index (κ3) is 1.79. The van der Waals surface area contributed by atoms with Gasteiger partial charge in [-0.2, -0.15) is 5.10 Å². The van der Waals surface area contributed by atoms with Gasteiger partial charge in [0.2, 0.25) is 0 Å². The number of nitrogens with zero attached hydrogens (tertiary/aromatic N) is 4. The summed E-state index contributed by atoms with van der Waals surface area (Å²) in [7, 11) is 1.91. The fraction of sp³-hybridized carbons (Fsp3) is 0.538. The number of aromatic nitrogens is 4. The zero-order valence-electron chi connectivity index (χ0n) is 10.9. The quantitative estimate of drug-likeness (QED) is 0.897. The molecule has 1 aliphatic carbocycles. The van der Waals surface area contributed by atoms with Crippen LogP contribution in [-0.2, 0) is 13.5 Å². The van der Waals surface area contributed by atoms with E-state index in [1.165, 1.54) is 12.8 Å². The van der Waals surface area contributed by atoms with Crippen LogP contribution in [0.3, 0.4) is 0 Å². The minimum atomic E-state index is 0.574. The lowest BCUT2D eigenvalue weighted by Gasteiger charge is -2.06. The van der Waals surface area contributed by atoms with Crippen LogP contribution in [0.2, 0.25) is 0 Å². The second-order valence-electron chi connectivity index (χ2n) is 5.02. The van der Waals surface area contributed by atoms with Gasteiger partial charge in [0, 0.05) is 31.3 Å². The Bertz CT molecular complexity index is 562. The fourth-order valence-electron chi connectivity index (χ4n) is 2.39. The van der Waals surface area contributed by atoms with Crippen molar-refractivity contribution in [1.29, 1.82) is 0 Å². The molecule has 1 aliphatic rings. The second kappa shape index (κ2) is 4.15. The van der Waals surface area contributed by atoms with E-state index in [1.54, 1.807) is 4.68 Å². The van der Waals surface area contributed by atoms with E-state index in [9.17, 15) is 0 Å². The van der Waals surface area contributed by atoms with Crippen LogP contribution >= 0.6 is 0 Å². The van der Waals surface area contributed by atoms with Crippen LogP contribution in [0, 0.1) is 0 Å². The van der Waals surface area contributed by atoms with Crippen molar-refractivity contribution in [3.63, 3.8) is 0 Å². The van der Waals surface area contributed by atoms with Crippen LogP contribution < -0.4 is 5.73 Å². The maximum Gasteiger partial charge on any atom is 0.132 e. The molecular weight excluding hydrogens is 226 g/mol. The molecule has 5 nitrogen and oxygen atoms in total. The first-order valence-corrected chi connectivity index (χ1v) is 6.56. The van der Waals surface area contributed by atoms with Crippen molar-refractivity contribution in [3.8, 4) is 11.3 Å². The molecule has 0 atom stereocenters. The number of anilines is 1. The van der Waals surface area contributed by atoms with Crippen LogP contribution in [0.5, 0.6) is 0 Å².